The van der Waals surface area contributed by atoms with E-state index in [0.717, 1.165) is 44.4 Å². The summed E-state index contributed by atoms with van der Waals surface area (Å²) in [6, 6.07) is 0. The normalized spacial score (nSPS) is 23.5. The third-order valence-electron chi connectivity index (χ3n) is 5.12. The van der Waals surface area contributed by atoms with Gasteiger partial charge in [-0.25, -0.2) is 8.42 Å². The van der Waals surface area contributed by atoms with E-state index in [1.165, 1.54) is 32.1 Å². The van der Waals surface area contributed by atoms with Crippen LogP contribution in [0.5, 0.6) is 0 Å². The van der Waals surface area contributed by atoms with E-state index >= 15 is 0 Å². The molecule has 0 heterocycles. The summed E-state index contributed by atoms with van der Waals surface area (Å²) in [5.74, 6) is 0.709. The van der Waals surface area contributed by atoms with Gasteiger partial charge in [-0.05, 0) is 31.6 Å². The lowest BCUT2D eigenvalue weighted by molar-refractivity contribution is 0.169. The quantitative estimate of drug-likeness (QED) is 0.799. The molecule has 0 bridgehead atoms. The van der Waals surface area contributed by atoms with Crippen LogP contribution in [0.2, 0.25) is 0 Å². The average Bonchev–Trinajstić information content (AvgIpc) is 2.47. The first kappa shape index (κ1) is 19.2. The predicted octanol–water partition coefficient (Wildman–Crippen LogP) is 3.88. The molecule has 0 aromatic rings. The number of sulfone groups is 1. The van der Waals surface area contributed by atoms with Crippen molar-refractivity contribution in [1.82, 2.24) is 0 Å². The molecule has 0 aromatic heterocycles. The third kappa shape index (κ3) is 6.45. The van der Waals surface area contributed by atoms with Gasteiger partial charge in [0.05, 0.1) is 17.1 Å². The monoisotopic (exact) mass is 338 g/mol. The topological polar surface area (TPSA) is 54.4 Å². The zero-order chi connectivity index (χ0) is 14.4. The first-order valence-electron chi connectivity index (χ1n) is 8.47. The van der Waals surface area contributed by atoms with Gasteiger partial charge in [0.1, 0.15) is 0 Å². The minimum absolute atomic E-state index is 0. The van der Waals surface area contributed by atoms with Crippen molar-refractivity contribution in [3.63, 3.8) is 0 Å². The maximum absolute atomic E-state index is 12.3. The highest BCUT2D eigenvalue weighted by atomic mass is 35.5. The zero-order valence-corrected chi connectivity index (χ0v) is 14.6. The second kappa shape index (κ2) is 9.36. The van der Waals surface area contributed by atoms with Crippen LogP contribution < -0.4 is 0 Å². The Balaban J connectivity index is 0.00000220. The molecule has 2 rings (SSSR count). The summed E-state index contributed by atoms with van der Waals surface area (Å²) in [5.41, 5.74) is 0. The van der Waals surface area contributed by atoms with Crippen molar-refractivity contribution in [2.45, 2.75) is 88.4 Å². The lowest BCUT2D eigenvalue weighted by Crippen LogP contribution is -2.32. The van der Waals surface area contributed by atoms with E-state index in [-0.39, 0.29) is 23.4 Å². The van der Waals surface area contributed by atoms with Gasteiger partial charge < -0.3 is 5.11 Å². The van der Waals surface area contributed by atoms with Gasteiger partial charge in [-0.1, -0.05) is 51.4 Å². The van der Waals surface area contributed by atoms with Crippen LogP contribution in [-0.4, -0.2) is 30.6 Å². The molecule has 21 heavy (non-hydrogen) atoms. The fraction of sp³-hybridized carbons (Fsp3) is 1.00. The van der Waals surface area contributed by atoms with E-state index < -0.39 is 15.9 Å². The molecule has 1 unspecified atom stereocenters. The van der Waals surface area contributed by atoms with Crippen LogP contribution in [0.3, 0.4) is 0 Å². The first-order valence-corrected chi connectivity index (χ1v) is 10.2. The fourth-order valence-corrected chi connectivity index (χ4v) is 5.84. The van der Waals surface area contributed by atoms with Gasteiger partial charge in [0.25, 0.3) is 0 Å². The highest BCUT2D eigenvalue weighted by Gasteiger charge is 2.29. The molecule has 0 aliphatic heterocycles. The van der Waals surface area contributed by atoms with E-state index in [1.807, 2.05) is 0 Å². The third-order valence-corrected chi connectivity index (χ3v) is 7.45. The fourth-order valence-electron chi connectivity index (χ4n) is 3.82. The molecule has 2 fully saturated rings. The molecule has 5 heteroatoms. The number of rotatable bonds is 6. The van der Waals surface area contributed by atoms with Crippen molar-refractivity contribution >= 4 is 22.2 Å². The molecular weight excluding hydrogens is 308 g/mol. The highest BCUT2D eigenvalue weighted by Crippen LogP contribution is 2.29. The van der Waals surface area contributed by atoms with Crippen LogP contribution >= 0.6 is 12.4 Å². The second-order valence-corrected chi connectivity index (χ2v) is 9.15. The summed E-state index contributed by atoms with van der Waals surface area (Å²) in [5, 5.41) is 9.89. The molecule has 0 saturated heterocycles. The van der Waals surface area contributed by atoms with Gasteiger partial charge in [0.15, 0.2) is 9.84 Å². The summed E-state index contributed by atoms with van der Waals surface area (Å²) >= 11 is 0. The van der Waals surface area contributed by atoms with Crippen LogP contribution in [-0.2, 0) is 9.84 Å². The van der Waals surface area contributed by atoms with Crippen LogP contribution in [0.25, 0.3) is 0 Å². The van der Waals surface area contributed by atoms with E-state index in [0.29, 0.717) is 6.42 Å². The van der Waals surface area contributed by atoms with E-state index in [4.69, 9.17) is 0 Å². The smallest absolute Gasteiger partial charge is 0.155 e. The molecule has 126 valence electrons. The van der Waals surface area contributed by atoms with Crippen LogP contribution in [0.4, 0.5) is 0 Å². The van der Waals surface area contributed by atoms with Crippen LogP contribution in [0.15, 0.2) is 0 Å². The largest absolute Gasteiger partial charge is 0.392 e. The van der Waals surface area contributed by atoms with Crippen molar-refractivity contribution in [2.24, 2.45) is 5.92 Å². The molecule has 1 N–H and O–H groups in total. The Labute approximate surface area is 136 Å². The molecule has 2 saturated carbocycles. The maximum Gasteiger partial charge on any atom is 0.155 e. The van der Waals surface area contributed by atoms with E-state index in [9.17, 15) is 13.5 Å². The summed E-state index contributed by atoms with van der Waals surface area (Å²) in [6.45, 7) is 0. The molecule has 0 radical (unpaired) electrons. The predicted molar refractivity (Wildman–Crippen MR) is 89.7 cm³/mol. The van der Waals surface area contributed by atoms with Crippen LogP contribution in [0.1, 0.15) is 77.0 Å². The lowest BCUT2D eigenvalue weighted by Gasteiger charge is -2.25. The summed E-state index contributed by atoms with van der Waals surface area (Å²) in [7, 11) is -3.09. The van der Waals surface area contributed by atoms with Gasteiger partial charge in [-0.3, -0.25) is 0 Å². The number of hydrogen-bond acceptors (Lipinski definition) is 3. The van der Waals surface area contributed by atoms with Crippen molar-refractivity contribution in [3.8, 4) is 0 Å². The molecule has 0 aromatic carbocycles. The molecule has 2 aliphatic rings. The number of aliphatic hydroxyl groups is 1. The van der Waals surface area contributed by atoms with Gasteiger partial charge in [-0.15, -0.1) is 12.4 Å². The van der Waals surface area contributed by atoms with E-state index in [1.54, 1.807) is 0 Å². The Hall–Kier alpha value is 0.200. The zero-order valence-electron chi connectivity index (χ0n) is 13.0. The average molecular weight is 339 g/mol. The van der Waals surface area contributed by atoms with Crippen LogP contribution in [0, 0.1) is 5.92 Å². The van der Waals surface area contributed by atoms with Crippen molar-refractivity contribution in [2.75, 3.05) is 5.75 Å². The summed E-state index contributed by atoms with van der Waals surface area (Å²) in [4.78, 5) is 0. The Morgan fingerprint density at radius 3 is 2.00 bits per heavy atom. The Kier molecular flexibility index (Phi) is 8.58. The lowest BCUT2D eigenvalue weighted by atomic mass is 9.85. The minimum atomic E-state index is -3.09. The van der Waals surface area contributed by atoms with Crippen molar-refractivity contribution < 1.29 is 13.5 Å². The minimum Gasteiger partial charge on any atom is -0.392 e. The van der Waals surface area contributed by atoms with Crippen molar-refractivity contribution in [1.29, 1.82) is 0 Å². The molecular formula is C16H31ClO3S. The van der Waals surface area contributed by atoms with E-state index in [2.05, 4.69) is 0 Å². The molecule has 1 atom stereocenters. The number of aliphatic hydroxyl groups excluding tert-OH is 1. The SMILES string of the molecule is Cl.O=S(=O)(CC(O)CCC1CCCCC1)C1CCCCC1. The first-order chi connectivity index (χ1) is 9.58. The maximum atomic E-state index is 12.3. The summed E-state index contributed by atoms with van der Waals surface area (Å²) < 4.78 is 24.6. The Morgan fingerprint density at radius 1 is 0.905 bits per heavy atom. The van der Waals surface area contributed by atoms with Gasteiger partial charge in [0, 0.05) is 0 Å². The molecule has 3 nitrogen and oxygen atoms in total. The molecule has 0 amide bonds. The Morgan fingerprint density at radius 2 is 1.43 bits per heavy atom. The standard InChI is InChI=1S/C16H30O3S.ClH/c17-15(12-11-14-7-3-1-4-8-14)13-20(18,19)16-9-5-2-6-10-16;/h14-17H,1-13H2;1H. The van der Waals surface area contributed by atoms with Gasteiger partial charge in [-0.2, -0.15) is 0 Å². The molecule has 2 aliphatic carbocycles. The number of hydrogen-bond donors (Lipinski definition) is 1. The number of halogens is 1. The van der Waals surface area contributed by atoms with Crippen molar-refractivity contribution in [3.05, 3.63) is 0 Å². The van der Waals surface area contributed by atoms with Gasteiger partial charge >= 0.3 is 0 Å². The van der Waals surface area contributed by atoms with Gasteiger partial charge in [0.2, 0.25) is 0 Å². The highest BCUT2D eigenvalue weighted by molar-refractivity contribution is 7.92. The molecule has 0 spiro atoms. The second-order valence-electron chi connectivity index (χ2n) is 6.82. The Bertz CT molecular complexity index is 371. The summed E-state index contributed by atoms with van der Waals surface area (Å²) in [6.07, 6.45) is 12.3.